The van der Waals surface area contributed by atoms with Crippen molar-refractivity contribution in [3.05, 3.63) is 51.6 Å². The molecule has 1 amide bonds. The minimum atomic E-state index is -3.58. The standard InChI is InChI=1S/C18H21IN2O4S/c1-4-21(5-2)26(23,24)15-8-6-7-14(12-15)20-18(22)13-9-10-17(25-3)16(19)11-13/h6-12H,4-5H2,1-3H3,(H,20,22). The van der Waals surface area contributed by atoms with E-state index in [0.29, 0.717) is 30.1 Å². The van der Waals surface area contributed by atoms with E-state index in [1.807, 2.05) is 0 Å². The van der Waals surface area contributed by atoms with Crippen molar-refractivity contribution in [2.45, 2.75) is 18.7 Å². The summed E-state index contributed by atoms with van der Waals surface area (Å²) in [5.41, 5.74) is 0.890. The summed E-state index contributed by atoms with van der Waals surface area (Å²) >= 11 is 2.09. The third kappa shape index (κ3) is 4.54. The topological polar surface area (TPSA) is 75.7 Å². The lowest BCUT2D eigenvalue weighted by atomic mass is 10.2. The van der Waals surface area contributed by atoms with Crippen LogP contribution in [0.5, 0.6) is 5.75 Å². The first-order valence-electron chi connectivity index (χ1n) is 8.08. The summed E-state index contributed by atoms with van der Waals surface area (Å²) in [5.74, 6) is 0.373. The van der Waals surface area contributed by atoms with Crippen molar-refractivity contribution in [3.63, 3.8) is 0 Å². The number of halogens is 1. The number of nitrogens with one attached hydrogen (secondary N) is 1. The molecule has 0 radical (unpaired) electrons. The Labute approximate surface area is 167 Å². The number of ether oxygens (including phenoxy) is 1. The fourth-order valence-electron chi connectivity index (χ4n) is 2.46. The Kier molecular flexibility index (Phi) is 7.01. The van der Waals surface area contributed by atoms with Gasteiger partial charge in [0.2, 0.25) is 10.0 Å². The lowest BCUT2D eigenvalue weighted by Gasteiger charge is -2.18. The molecule has 0 unspecified atom stereocenters. The van der Waals surface area contributed by atoms with Crippen LogP contribution >= 0.6 is 22.6 Å². The van der Waals surface area contributed by atoms with E-state index in [0.717, 1.165) is 3.57 Å². The average Bonchev–Trinajstić information content (AvgIpc) is 2.62. The number of nitrogens with zero attached hydrogens (tertiary/aromatic N) is 1. The number of carbonyl (C=O) groups excluding carboxylic acids is 1. The van der Waals surface area contributed by atoms with Crippen LogP contribution in [0.3, 0.4) is 0 Å². The molecule has 26 heavy (non-hydrogen) atoms. The summed E-state index contributed by atoms with van der Waals surface area (Å²) < 4.78 is 32.6. The second-order valence-electron chi connectivity index (χ2n) is 5.42. The van der Waals surface area contributed by atoms with Gasteiger partial charge in [-0.1, -0.05) is 19.9 Å². The van der Waals surface area contributed by atoms with Crippen molar-refractivity contribution in [2.75, 3.05) is 25.5 Å². The summed E-state index contributed by atoms with van der Waals surface area (Å²) in [5, 5.41) is 2.74. The molecule has 0 aliphatic rings. The number of hydrogen-bond acceptors (Lipinski definition) is 4. The van der Waals surface area contributed by atoms with E-state index in [-0.39, 0.29) is 10.8 Å². The fourth-order valence-corrected chi connectivity index (χ4v) is 4.70. The molecule has 1 N–H and O–H groups in total. The van der Waals surface area contributed by atoms with Crippen LogP contribution in [0.4, 0.5) is 5.69 Å². The molecule has 0 aliphatic heterocycles. The quantitative estimate of drug-likeness (QED) is 0.605. The Morgan fingerprint density at radius 3 is 2.42 bits per heavy atom. The Morgan fingerprint density at radius 1 is 1.15 bits per heavy atom. The minimum absolute atomic E-state index is 0.156. The first-order valence-corrected chi connectivity index (χ1v) is 10.6. The maximum absolute atomic E-state index is 12.6. The van der Waals surface area contributed by atoms with Crippen LogP contribution in [0.25, 0.3) is 0 Å². The molecule has 0 aliphatic carbocycles. The molecule has 0 aromatic heterocycles. The van der Waals surface area contributed by atoms with Gasteiger partial charge >= 0.3 is 0 Å². The molecule has 2 aromatic rings. The number of sulfonamides is 1. The van der Waals surface area contributed by atoms with Gasteiger partial charge in [-0.2, -0.15) is 4.31 Å². The molecule has 0 spiro atoms. The molecular weight excluding hydrogens is 467 g/mol. The van der Waals surface area contributed by atoms with Crippen LogP contribution in [-0.4, -0.2) is 38.8 Å². The highest BCUT2D eigenvalue weighted by atomic mass is 127. The number of rotatable bonds is 7. The molecule has 0 saturated carbocycles. The Hall–Kier alpha value is -1.65. The smallest absolute Gasteiger partial charge is 0.255 e. The van der Waals surface area contributed by atoms with Gasteiger partial charge in [-0.15, -0.1) is 0 Å². The Morgan fingerprint density at radius 2 is 1.85 bits per heavy atom. The van der Waals surface area contributed by atoms with Crippen molar-refractivity contribution in [2.24, 2.45) is 0 Å². The van der Waals surface area contributed by atoms with Crippen LogP contribution in [0.15, 0.2) is 47.4 Å². The summed E-state index contributed by atoms with van der Waals surface area (Å²) in [6.07, 6.45) is 0. The third-order valence-corrected chi connectivity index (χ3v) is 6.74. The average molecular weight is 488 g/mol. The molecule has 2 aromatic carbocycles. The molecule has 0 atom stereocenters. The highest BCUT2D eigenvalue weighted by Gasteiger charge is 2.22. The van der Waals surface area contributed by atoms with E-state index in [9.17, 15) is 13.2 Å². The largest absolute Gasteiger partial charge is 0.496 e. The zero-order valence-electron chi connectivity index (χ0n) is 14.8. The summed E-state index contributed by atoms with van der Waals surface area (Å²) in [4.78, 5) is 12.6. The highest BCUT2D eigenvalue weighted by Crippen LogP contribution is 2.23. The molecule has 140 valence electrons. The molecule has 0 saturated heterocycles. The molecule has 0 fully saturated rings. The van der Waals surface area contributed by atoms with Crippen LogP contribution in [-0.2, 0) is 10.0 Å². The monoisotopic (exact) mass is 488 g/mol. The SMILES string of the molecule is CCN(CC)S(=O)(=O)c1cccc(NC(=O)c2ccc(OC)c(I)c2)c1. The molecule has 8 heteroatoms. The van der Waals surface area contributed by atoms with Gasteiger partial charge in [0.05, 0.1) is 15.6 Å². The van der Waals surface area contributed by atoms with Crippen LogP contribution in [0.1, 0.15) is 24.2 Å². The first-order chi connectivity index (χ1) is 12.3. The summed E-state index contributed by atoms with van der Waals surface area (Å²) in [7, 11) is -2.01. The summed E-state index contributed by atoms with van der Waals surface area (Å²) in [6, 6.07) is 11.4. The van der Waals surface area contributed by atoms with E-state index in [4.69, 9.17) is 4.74 Å². The lowest BCUT2D eigenvalue weighted by molar-refractivity contribution is 0.102. The maximum Gasteiger partial charge on any atom is 0.255 e. The minimum Gasteiger partial charge on any atom is -0.496 e. The van der Waals surface area contributed by atoms with Gasteiger partial charge < -0.3 is 10.1 Å². The first kappa shape index (κ1) is 20.7. The van der Waals surface area contributed by atoms with E-state index >= 15 is 0 Å². The van der Waals surface area contributed by atoms with Crippen molar-refractivity contribution in [1.82, 2.24) is 4.31 Å². The van der Waals surface area contributed by atoms with Gasteiger partial charge in [-0.05, 0) is 59.0 Å². The highest BCUT2D eigenvalue weighted by molar-refractivity contribution is 14.1. The predicted octanol–water partition coefficient (Wildman–Crippen LogP) is 3.58. The summed E-state index contributed by atoms with van der Waals surface area (Å²) in [6.45, 7) is 4.36. The molecule has 0 heterocycles. The van der Waals surface area contributed by atoms with E-state index in [1.165, 1.54) is 16.4 Å². The number of hydrogen-bond donors (Lipinski definition) is 1. The second-order valence-corrected chi connectivity index (χ2v) is 8.52. The van der Waals surface area contributed by atoms with Crippen LogP contribution in [0.2, 0.25) is 0 Å². The van der Waals surface area contributed by atoms with Gasteiger partial charge in [0.15, 0.2) is 0 Å². The van der Waals surface area contributed by atoms with Crippen LogP contribution in [0, 0.1) is 3.57 Å². The number of anilines is 1. The van der Waals surface area contributed by atoms with E-state index < -0.39 is 10.0 Å². The van der Waals surface area contributed by atoms with Crippen molar-refractivity contribution >= 4 is 44.2 Å². The van der Waals surface area contributed by atoms with Gasteiger partial charge in [0.25, 0.3) is 5.91 Å². The maximum atomic E-state index is 12.6. The van der Waals surface area contributed by atoms with Gasteiger partial charge in [-0.3, -0.25) is 4.79 Å². The molecule has 6 nitrogen and oxygen atoms in total. The zero-order chi connectivity index (χ0) is 19.3. The molecular formula is C18H21IN2O4S. The van der Waals surface area contributed by atoms with E-state index in [1.54, 1.807) is 51.3 Å². The molecule has 0 bridgehead atoms. The number of benzene rings is 2. The van der Waals surface area contributed by atoms with Gasteiger partial charge in [0.1, 0.15) is 5.75 Å². The Balaban J connectivity index is 2.26. The van der Waals surface area contributed by atoms with Crippen molar-refractivity contribution < 1.29 is 17.9 Å². The lowest BCUT2D eigenvalue weighted by Crippen LogP contribution is -2.30. The van der Waals surface area contributed by atoms with E-state index in [2.05, 4.69) is 27.9 Å². The normalized spacial score (nSPS) is 11.4. The van der Waals surface area contributed by atoms with Gasteiger partial charge in [0, 0.05) is 24.3 Å². The zero-order valence-corrected chi connectivity index (χ0v) is 17.8. The fraction of sp³-hybridized carbons (Fsp3) is 0.278. The third-order valence-electron chi connectivity index (χ3n) is 3.85. The molecule has 2 rings (SSSR count). The number of carbonyl (C=O) groups is 1. The van der Waals surface area contributed by atoms with Crippen molar-refractivity contribution in [3.8, 4) is 5.75 Å². The van der Waals surface area contributed by atoms with Crippen molar-refractivity contribution in [1.29, 1.82) is 0 Å². The number of amides is 1. The van der Waals surface area contributed by atoms with Gasteiger partial charge in [-0.25, -0.2) is 8.42 Å². The predicted molar refractivity (Wildman–Crippen MR) is 110 cm³/mol. The van der Waals surface area contributed by atoms with Crippen LogP contribution < -0.4 is 10.1 Å². The number of methoxy groups -OCH3 is 1. The Bertz CT molecular complexity index is 896. The second kappa shape index (κ2) is 8.83.